The quantitative estimate of drug-likeness (QED) is 0.219. The molecule has 0 unspecified atom stereocenters. The van der Waals surface area contributed by atoms with Gasteiger partial charge in [0.2, 0.25) is 0 Å². The third-order valence-electron chi connectivity index (χ3n) is 2.88. The lowest BCUT2D eigenvalue weighted by Gasteiger charge is -2.21. The number of nitrogens with one attached hydrogen (secondary N) is 1. The summed E-state index contributed by atoms with van der Waals surface area (Å²) in [6.45, 7) is 8.33. The second-order valence-electron chi connectivity index (χ2n) is 4.62. The van der Waals surface area contributed by atoms with E-state index in [0.29, 0.717) is 6.42 Å². The molecule has 0 saturated heterocycles. The second kappa shape index (κ2) is 12.5. The van der Waals surface area contributed by atoms with Crippen molar-refractivity contribution in [2.24, 2.45) is 4.99 Å². The van der Waals surface area contributed by atoms with Crippen molar-refractivity contribution in [3.63, 3.8) is 0 Å². The number of methoxy groups -OCH3 is 1. The van der Waals surface area contributed by atoms with Crippen molar-refractivity contribution in [2.45, 2.75) is 39.0 Å². The average Bonchev–Trinajstić information content (AvgIpc) is 2.45. The van der Waals surface area contributed by atoms with Crippen molar-refractivity contribution in [3.8, 4) is 0 Å². The lowest BCUT2D eigenvalue weighted by atomic mass is 10.2. The third kappa shape index (κ3) is 9.42. The van der Waals surface area contributed by atoms with Crippen LogP contribution in [-0.4, -0.2) is 50.6 Å². The summed E-state index contributed by atoms with van der Waals surface area (Å²) in [5.41, 5.74) is 0. The van der Waals surface area contributed by atoms with E-state index < -0.39 is 0 Å². The van der Waals surface area contributed by atoms with E-state index in [1.165, 1.54) is 7.11 Å². The molecule has 116 valence electrons. The number of rotatable bonds is 10. The smallest absolute Gasteiger partial charge is 0.305 e. The fourth-order valence-electron chi connectivity index (χ4n) is 1.72. The Morgan fingerprint density at radius 2 is 2.15 bits per heavy atom. The van der Waals surface area contributed by atoms with Crippen LogP contribution < -0.4 is 5.32 Å². The number of carbonyl (C=O) groups is 1. The molecule has 0 aromatic heterocycles. The molecule has 0 aliphatic heterocycles. The van der Waals surface area contributed by atoms with Crippen molar-refractivity contribution in [1.82, 2.24) is 10.2 Å². The van der Waals surface area contributed by atoms with Crippen LogP contribution in [0.1, 0.15) is 39.0 Å². The van der Waals surface area contributed by atoms with E-state index in [-0.39, 0.29) is 5.97 Å². The highest BCUT2D eigenvalue weighted by Gasteiger charge is 2.04. The maximum atomic E-state index is 11.0. The molecule has 0 radical (unpaired) electrons. The summed E-state index contributed by atoms with van der Waals surface area (Å²) in [6.07, 6.45) is 6.21. The molecule has 5 heteroatoms. The van der Waals surface area contributed by atoms with Crippen LogP contribution in [0.2, 0.25) is 0 Å². The first-order chi connectivity index (χ1) is 9.65. The van der Waals surface area contributed by atoms with Gasteiger partial charge in [-0.3, -0.25) is 9.79 Å². The maximum absolute atomic E-state index is 11.0. The average molecular weight is 283 g/mol. The molecule has 5 nitrogen and oxygen atoms in total. The monoisotopic (exact) mass is 283 g/mol. The molecular formula is C15H29N3O2. The molecule has 20 heavy (non-hydrogen) atoms. The number of esters is 1. The third-order valence-corrected chi connectivity index (χ3v) is 2.88. The number of nitrogens with zero attached hydrogens (tertiary/aromatic N) is 2. The van der Waals surface area contributed by atoms with E-state index >= 15 is 0 Å². The molecule has 0 aliphatic carbocycles. The molecule has 0 rings (SSSR count). The van der Waals surface area contributed by atoms with Gasteiger partial charge in [0.05, 0.1) is 7.11 Å². The highest BCUT2D eigenvalue weighted by Crippen LogP contribution is 1.99. The van der Waals surface area contributed by atoms with Crippen LogP contribution in [0, 0.1) is 0 Å². The van der Waals surface area contributed by atoms with Crippen molar-refractivity contribution in [2.75, 3.05) is 33.8 Å². The zero-order chi connectivity index (χ0) is 15.2. The Hall–Kier alpha value is -1.52. The van der Waals surface area contributed by atoms with Gasteiger partial charge in [0.25, 0.3) is 0 Å². The number of unbranched alkanes of at least 4 members (excludes halogenated alkanes) is 2. The van der Waals surface area contributed by atoms with Gasteiger partial charge < -0.3 is 15.0 Å². The summed E-state index contributed by atoms with van der Waals surface area (Å²) in [6, 6.07) is 0. The van der Waals surface area contributed by atoms with Gasteiger partial charge in [0.1, 0.15) is 0 Å². The van der Waals surface area contributed by atoms with Crippen molar-refractivity contribution in [1.29, 1.82) is 0 Å². The van der Waals surface area contributed by atoms with Crippen LogP contribution in [0.3, 0.4) is 0 Å². The van der Waals surface area contributed by atoms with Gasteiger partial charge in [-0.15, -0.1) is 6.58 Å². The molecule has 1 N–H and O–H groups in total. The fraction of sp³-hybridized carbons (Fsp3) is 0.733. The summed E-state index contributed by atoms with van der Waals surface area (Å²) in [7, 11) is 3.46. The predicted molar refractivity (Wildman–Crippen MR) is 83.9 cm³/mol. The summed E-state index contributed by atoms with van der Waals surface area (Å²) in [5, 5.41) is 3.28. The van der Waals surface area contributed by atoms with Crippen LogP contribution in [0.25, 0.3) is 0 Å². The van der Waals surface area contributed by atoms with E-state index in [0.717, 1.165) is 51.3 Å². The molecule has 0 atom stereocenters. The van der Waals surface area contributed by atoms with Crippen molar-refractivity contribution < 1.29 is 9.53 Å². The van der Waals surface area contributed by atoms with Gasteiger partial charge in [0.15, 0.2) is 5.96 Å². The summed E-state index contributed by atoms with van der Waals surface area (Å²) < 4.78 is 4.61. The number of ether oxygens (including phenoxy) is 1. The Kier molecular flexibility index (Phi) is 11.6. The molecule has 0 heterocycles. The Morgan fingerprint density at radius 3 is 2.75 bits per heavy atom. The minimum absolute atomic E-state index is 0.151. The van der Waals surface area contributed by atoms with Crippen LogP contribution in [0.5, 0.6) is 0 Å². The standard InChI is InChI=1S/C15H29N3O2/c1-5-7-10-13-18(3)15(16-6-2)17-12-9-8-11-14(19)20-4/h5H,1,6-13H2,2-4H3,(H,16,17). The zero-order valence-corrected chi connectivity index (χ0v) is 13.2. The minimum atomic E-state index is -0.151. The first kappa shape index (κ1) is 18.5. The number of guanidine groups is 1. The summed E-state index contributed by atoms with van der Waals surface area (Å²) in [4.78, 5) is 17.7. The largest absolute Gasteiger partial charge is 0.469 e. The fourth-order valence-corrected chi connectivity index (χ4v) is 1.72. The van der Waals surface area contributed by atoms with E-state index in [9.17, 15) is 4.79 Å². The summed E-state index contributed by atoms with van der Waals surface area (Å²) in [5.74, 6) is 0.775. The SMILES string of the molecule is C=CCCCN(C)C(=NCCCCC(=O)OC)NCC. The number of hydrogen-bond acceptors (Lipinski definition) is 3. The number of aliphatic imine (C=N–C) groups is 1. The van der Waals surface area contributed by atoms with Crippen LogP contribution in [-0.2, 0) is 9.53 Å². The Balaban J connectivity index is 4.05. The Morgan fingerprint density at radius 1 is 1.40 bits per heavy atom. The molecule has 0 spiro atoms. The van der Waals surface area contributed by atoms with Crippen LogP contribution in [0.15, 0.2) is 17.6 Å². The topological polar surface area (TPSA) is 53.9 Å². The van der Waals surface area contributed by atoms with Crippen LogP contribution >= 0.6 is 0 Å². The van der Waals surface area contributed by atoms with E-state index in [1.54, 1.807) is 0 Å². The molecule has 0 saturated carbocycles. The first-order valence-corrected chi connectivity index (χ1v) is 7.32. The van der Waals surface area contributed by atoms with Gasteiger partial charge in [0, 0.05) is 33.1 Å². The lowest BCUT2D eigenvalue weighted by Crippen LogP contribution is -2.39. The maximum Gasteiger partial charge on any atom is 0.305 e. The first-order valence-electron chi connectivity index (χ1n) is 7.32. The summed E-state index contributed by atoms with van der Waals surface area (Å²) >= 11 is 0. The number of hydrogen-bond donors (Lipinski definition) is 1. The van der Waals surface area contributed by atoms with Gasteiger partial charge in [-0.1, -0.05) is 6.08 Å². The highest BCUT2D eigenvalue weighted by molar-refractivity contribution is 5.79. The number of carbonyl (C=O) groups excluding carboxylic acids is 1. The van der Waals surface area contributed by atoms with E-state index in [4.69, 9.17) is 0 Å². The molecule has 0 bridgehead atoms. The van der Waals surface area contributed by atoms with E-state index in [1.807, 2.05) is 13.1 Å². The Bertz CT molecular complexity index is 303. The Labute approximate surface area is 123 Å². The zero-order valence-electron chi connectivity index (χ0n) is 13.2. The molecule has 0 aromatic carbocycles. The molecule has 0 amide bonds. The van der Waals surface area contributed by atoms with Gasteiger partial charge in [-0.2, -0.15) is 0 Å². The van der Waals surface area contributed by atoms with Crippen molar-refractivity contribution in [3.05, 3.63) is 12.7 Å². The molecule has 0 aliphatic rings. The molecular weight excluding hydrogens is 254 g/mol. The van der Waals surface area contributed by atoms with Gasteiger partial charge >= 0.3 is 5.97 Å². The van der Waals surface area contributed by atoms with E-state index in [2.05, 4.69) is 33.4 Å². The van der Waals surface area contributed by atoms with Gasteiger partial charge in [-0.05, 0) is 32.6 Å². The lowest BCUT2D eigenvalue weighted by molar-refractivity contribution is -0.140. The minimum Gasteiger partial charge on any atom is -0.469 e. The molecule has 0 fully saturated rings. The van der Waals surface area contributed by atoms with Gasteiger partial charge in [-0.25, -0.2) is 0 Å². The van der Waals surface area contributed by atoms with Crippen LogP contribution in [0.4, 0.5) is 0 Å². The normalized spacial score (nSPS) is 11.1. The molecule has 0 aromatic rings. The van der Waals surface area contributed by atoms with Crippen molar-refractivity contribution >= 4 is 11.9 Å². The second-order valence-corrected chi connectivity index (χ2v) is 4.62. The predicted octanol–water partition coefficient (Wildman–Crippen LogP) is 2.19. The highest BCUT2D eigenvalue weighted by atomic mass is 16.5. The number of allylic oxidation sites excluding steroid dienone is 1.